The number of benzene rings is 1. The van der Waals surface area contributed by atoms with E-state index in [0.717, 1.165) is 0 Å². The van der Waals surface area contributed by atoms with E-state index >= 15 is 0 Å². The van der Waals surface area contributed by atoms with Gasteiger partial charge in [-0.25, -0.2) is 4.39 Å². The molecule has 3 nitrogen and oxygen atoms in total. The Hall–Kier alpha value is -1.01. The number of thiocarbonyl (C=S) groups is 1. The first kappa shape index (κ1) is 15.0. The van der Waals surface area contributed by atoms with Gasteiger partial charge in [0.15, 0.2) is 0 Å². The highest BCUT2D eigenvalue weighted by molar-refractivity contribution is 9.10. The molecule has 0 aliphatic rings. The quantitative estimate of drug-likeness (QED) is 0.833. The first-order chi connectivity index (χ1) is 8.30. The van der Waals surface area contributed by atoms with E-state index in [4.69, 9.17) is 18.0 Å². The molecule has 0 spiro atoms. The van der Waals surface area contributed by atoms with Crippen molar-refractivity contribution in [2.45, 2.75) is 25.8 Å². The highest BCUT2D eigenvalue weighted by Gasteiger charge is 2.28. The fourth-order valence-electron chi connectivity index (χ4n) is 1.31. The summed E-state index contributed by atoms with van der Waals surface area (Å²) in [6, 6.07) is 4.17. The van der Waals surface area contributed by atoms with Crippen LogP contribution < -0.4 is 11.1 Å². The van der Waals surface area contributed by atoms with Crippen molar-refractivity contribution >= 4 is 39.0 Å². The van der Waals surface area contributed by atoms with Gasteiger partial charge in [0.25, 0.3) is 5.91 Å². The monoisotopic (exact) mass is 332 g/mol. The largest absolute Gasteiger partial charge is 0.391 e. The molecule has 0 bridgehead atoms. The number of rotatable bonds is 4. The van der Waals surface area contributed by atoms with Crippen LogP contribution >= 0.6 is 28.1 Å². The van der Waals surface area contributed by atoms with Crippen molar-refractivity contribution in [2.24, 2.45) is 5.73 Å². The van der Waals surface area contributed by atoms with E-state index in [1.165, 1.54) is 18.2 Å². The van der Waals surface area contributed by atoms with Crippen LogP contribution in [0, 0.1) is 5.82 Å². The molecule has 0 aliphatic carbocycles. The van der Waals surface area contributed by atoms with Crippen molar-refractivity contribution in [2.75, 3.05) is 0 Å². The van der Waals surface area contributed by atoms with Gasteiger partial charge < -0.3 is 11.1 Å². The topological polar surface area (TPSA) is 55.1 Å². The average Bonchev–Trinajstić information content (AvgIpc) is 2.31. The summed E-state index contributed by atoms with van der Waals surface area (Å²) in [6.07, 6.45) is 0.531. The van der Waals surface area contributed by atoms with E-state index in [1.807, 2.05) is 6.92 Å². The Kier molecular flexibility index (Phi) is 4.81. The third kappa shape index (κ3) is 3.26. The number of nitrogens with two attached hydrogens (primary N) is 1. The van der Waals surface area contributed by atoms with E-state index in [9.17, 15) is 9.18 Å². The molecule has 0 saturated carbocycles. The van der Waals surface area contributed by atoms with Gasteiger partial charge in [0.05, 0.1) is 16.1 Å². The van der Waals surface area contributed by atoms with Crippen LogP contribution in [0.1, 0.15) is 30.6 Å². The summed E-state index contributed by atoms with van der Waals surface area (Å²) in [5.41, 5.74) is 4.73. The third-order valence-corrected chi connectivity index (χ3v) is 3.76. The Balaban J connectivity index is 3.02. The number of amides is 1. The Bertz CT molecular complexity index is 495. The molecular formula is C12H14BrFN2OS. The Morgan fingerprint density at radius 3 is 2.72 bits per heavy atom. The van der Waals surface area contributed by atoms with Gasteiger partial charge in [-0.05, 0) is 31.5 Å². The van der Waals surface area contributed by atoms with Crippen molar-refractivity contribution in [1.82, 2.24) is 5.32 Å². The van der Waals surface area contributed by atoms with Crippen LogP contribution in [0.15, 0.2) is 22.7 Å². The molecule has 98 valence electrons. The molecule has 6 heteroatoms. The Labute approximate surface area is 119 Å². The van der Waals surface area contributed by atoms with Gasteiger partial charge in [-0.2, -0.15) is 0 Å². The zero-order valence-corrected chi connectivity index (χ0v) is 12.5. The second kappa shape index (κ2) is 5.75. The summed E-state index contributed by atoms with van der Waals surface area (Å²) in [5, 5.41) is 2.66. The lowest BCUT2D eigenvalue weighted by atomic mass is 9.98. The number of halogens is 2. The maximum atomic E-state index is 13.6. The normalized spacial score (nSPS) is 13.8. The van der Waals surface area contributed by atoms with Gasteiger partial charge >= 0.3 is 0 Å². The van der Waals surface area contributed by atoms with Crippen LogP contribution in [0.3, 0.4) is 0 Å². The second-order valence-corrected chi connectivity index (χ2v) is 5.48. The number of hydrogen-bond donors (Lipinski definition) is 2. The minimum absolute atomic E-state index is 0.0414. The molecule has 0 radical (unpaired) electrons. The van der Waals surface area contributed by atoms with Crippen LogP contribution in [0.5, 0.6) is 0 Å². The van der Waals surface area contributed by atoms with E-state index in [-0.39, 0.29) is 10.6 Å². The van der Waals surface area contributed by atoms with Gasteiger partial charge in [-0.15, -0.1) is 0 Å². The zero-order valence-electron chi connectivity index (χ0n) is 10.1. The van der Waals surface area contributed by atoms with Gasteiger partial charge in [-0.3, -0.25) is 4.79 Å². The summed E-state index contributed by atoms with van der Waals surface area (Å²) < 4.78 is 14.2. The lowest BCUT2D eigenvalue weighted by Gasteiger charge is -2.28. The minimum atomic E-state index is -0.818. The second-order valence-electron chi connectivity index (χ2n) is 4.13. The summed E-state index contributed by atoms with van der Waals surface area (Å²) in [4.78, 5) is 12.2. The highest BCUT2D eigenvalue weighted by atomic mass is 79.9. The van der Waals surface area contributed by atoms with E-state index < -0.39 is 17.3 Å². The lowest BCUT2D eigenvalue weighted by molar-refractivity contribution is 0.0922. The first-order valence-electron chi connectivity index (χ1n) is 5.37. The van der Waals surface area contributed by atoms with Gasteiger partial charge in [0, 0.05) is 4.47 Å². The standard InChI is InChI=1S/C12H14BrFN2OS/c1-3-12(2,11(15)18)16-10(17)8-6-7(13)4-5-9(8)14/h4-6H,3H2,1-2H3,(H2,15,18)(H,16,17). The Morgan fingerprint density at radius 1 is 1.61 bits per heavy atom. The maximum absolute atomic E-state index is 13.6. The molecule has 3 N–H and O–H groups in total. The molecule has 0 heterocycles. The molecule has 1 aromatic carbocycles. The molecule has 1 unspecified atom stereocenters. The molecule has 1 rings (SSSR count). The Morgan fingerprint density at radius 2 is 2.22 bits per heavy atom. The molecule has 18 heavy (non-hydrogen) atoms. The number of nitrogens with one attached hydrogen (secondary N) is 1. The summed E-state index contributed by atoms with van der Waals surface area (Å²) >= 11 is 8.11. The zero-order chi connectivity index (χ0) is 13.9. The summed E-state index contributed by atoms with van der Waals surface area (Å²) in [7, 11) is 0. The molecular weight excluding hydrogens is 319 g/mol. The van der Waals surface area contributed by atoms with Crippen molar-refractivity contribution in [3.63, 3.8) is 0 Å². The first-order valence-corrected chi connectivity index (χ1v) is 6.57. The third-order valence-electron chi connectivity index (χ3n) is 2.81. The van der Waals surface area contributed by atoms with Gasteiger partial charge in [0.1, 0.15) is 5.82 Å². The minimum Gasteiger partial charge on any atom is -0.391 e. The molecule has 0 aromatic heterocycles. The van der Waals surface area contributed by atoms with E-state index in [1.54, 1.807) is 6.92 Å². The molecule has 1 aromatic rings. The van der Waals surface area contributed by atoms with Crippen molar-refractivity contribution < 1.29 is 9.18 Å². The van der Waals surface area contributed by atoms with Crippen LogP contribution in [0.4, 0.5) is 4.39 Å². The molecule has 1 amide bonds. The summed E-state index contributed by atoms with van der Waals surface area (Å²) in [5.74, 6) is -1.12. The van der Waals surface area contributed by atoms with Gasteiger partial charge in [0.2, 0.25) is 0 Å². The average molecular weight is 333 g/mol. The van der Waals surface area contributed by atoms with Crippen LogP contribution in [0.2, 0.25) is 0 Å². The SMILES string of the molecule is CCC(C)(NC(=O)c1cc(Br)ccc1F)C(N)=S. The summed E-state index contributed by atoms with van der Waals surface area (Å²) in [6.45, 7) is 3.56. The van der Waals surface area contributed by atoms with Gasteiger partial charge in [-0.1, -0.05) is 35.1 Å². The van der Waals surface area contributed by atoms with E-state index in [0.29, 0.717) is 10.9 Å². The van der Waals surface area contributed by atoms with Crippen molar-refractivity contribution in [1.29, 1.82) is 0 Å². The fourth-order valence-corrected chi connectivity index (χ4v) is 1.87. The predicted molar refractivity (Wildman–Crippen MR) is 77.0 cm³/mol. The smallest absolute Gasteiger partial charge is 0.255 e. The fraction of sp³-hybridized carbons (Fsp3) is 0.333. The number of carbonyl (C=O) groups excluding carboxylic acids is 1. The molecule has 0 aliphatic heterocycles. The molecule has 0 fully saturated rings. The number of hydrogen-bond acceptors (Lipinski definition) is 2. The lowest BCUT2D eigenvalue weighted by Crippen LogP contribution is -2.54. The molecule has 1 atom stereocenters. The van der Waals surface area contributed by atoms with Crippen LogP contribution in [-0.4, -0.2) is 16.4 Å². The highest BCUT2D eigenvalue weighted by Crippen LogP contribution is 2.17. The molecule has 0 saturated heterocycles. The van der Waals surface area contributed by atoms with Crippen LogP contribution in [-0.2, 0) is 0 Å². The number of carbonyl (C=O) groups is 1. The van der Waals surface area contributed by atoms with E-state index in [2.05, 4.69) is 21.2 Å². The predicted octanol–water partition coefficient (Wildman–Crippen LogP) is 2.77. The van der Waals surface area contributed by atoms with Crippen molar-refractivity contribution in [3.05, 3.63) is 34.1 Å². The van der Waals surface area contributed by atoms with Crippen molar-refractivity contribution in [3.8, 4) is 0 Å². The maximum Gasteiger partial charge on any atom is 0.255 e. The van der Waals surface area contributed by atoms with Crippen LogP contribution in [0.25, 0.3) is 0 Å².